The van der Waals surface area contributed by atoms with Crippen molar-refractivity contribution < 1.29 is 0 Å². The molecule has 5 aromatic carbocycles. The normalized spacial score (nSPS) is 11.2. The van der Waals surface area contributed by atoms with E-state index in [1.54, 1.807) is 0 Å². The van der Waals surface area contributed by atoms with E-state index in [4.69, 9.17) is 11.5 Å². The number of fused-ring (bicyclic) bond motifs is 3. The summed E-state index contributed by atoms with van der Waals surface area (Å²) in [6.07, 6.45) is 0. The van der Waals surface area contributed by atoms with Crippen LogP contribution in [0, 0.1) is 0 Å². The van der Waals surface area contributed by atoms with Gasteiger partial charge in [-0.1, -0.05) is 88.7 Å². The van der Waals surface area contributed by atoms with Crippen LogP contribution >= 0.6 is 15.9 Å². The Morgan fingerprint density at radius 1 is 0.483 bits per heavy atom. The van der Waals surface area contributed by atoms with E-state index in [1.165, 1.54) is 16.7 Å². The molecular weight excluding hydrogens is 420 g/mol. The van der Waals surface area contributed by atoms with E-state index in [1.807, 2.05) is 24.3 Å². The van der Waals surface area contributed by atoms with Crippen molar-refractivity contribution in [3.05, 3.63) is 95.5 Å². The van der Waals surface area contributed by atoms with Crippen molar-refractivity contribution in [1.82, 2.24) is 0 Å². The zero-order valence-electron chi connectivity index (χ0n) is 15.7. The van der Waals surface area contributed by atoms with Crippen molar-refractivity contribution >= 4 is 48.8 Å². The molecule has 0 atom stereocenters. The Balaban J connectivity index is 1.73. The highest BCUT2D eigenvalue weighted by Crippen LogP contribution is 2.39. The standard InChI is InChI=1S/C26H19BrN2/c27-24-11-4-3-8-19(24)18-7-5-6-16(14-18)17-12-13-22-23(15-17)20-9-1-2-10-21(20)25(28)26(22)29/h1-15H,28-29H2. The van der Waals surface area contributed by atoms with Crippen molar-refractivity contribution in [2.45, 2.75) is 0 Å². The SMILES string of the molecule is Nc1c(N)c2ccc(-c3cccc(-c4ccccc4Br)c3)cc2c2ccccc12. The smallest absolute Gasteiger partial charge is 0.0634 e. The Kier molecular flexibility index (Phi) is 4.26. The van der Waals surface area contributed by atoms with Crippen molar-refractivity contribution in [3.63, 3.8) is 0 Å². The van der Waals surface area contributed by atoms with Crippen LogP contribution in [0.1, 0.15) is 0 Å². The zero-order valence-corrected chi connectivity index (χ0v) is 17.3. The summed E-state index contributed by atoms with van der Waals surface area (Å²) in [6.45, 7) is 0. The molecule has 0 aromatic heterocycles. The molecule has 0 aliphatic heterocycles. The summed E-state index contributed by atoms with van der Waals surface area (Å²) in [5.74, 6) is 0. The number of halogens is 1. The van der Waals surface area contributed by atoms with Crippen molar-refractivity contribution in [3.8, 4) is 22.3 Å². The minimum Gasteiger partial charge on any atom is -0.397 e. The highest BCUT2D eigenvalue weighted by molar-refractivity contribution is 9.10. The van der Waals surface area contributed by atoms with Gasteiger partial charge in [-0.3, -0.25) is 0 Å². The van der Waals surface area contributed by atoms with Gasteiger partial charge in [-0.2, -0.15) is 0 Å². The number of hydrogen-bond donors (Lipinski definition) is 2. The van der Waals surface area contributed by atoms with Gasteiger partial charge >= 0.3 is 0 Å². The lowest BCUT2D eigenvalue weighted by Crippen LogP contribution is -1.97. The van der Waals surface area contributed by atoms with E-state index in [0.29, 0.717) is 11.4 Å². The molecular formula is C26H19BrN2. The quantitative estimate of drug-likeness (QED) is 0.173. The van der Waals surface area contributed by atoms with Gasteiger partial charge < -0.3 is 11.5 Å². The second kappa shape index (κ2) is 6.94. The topological polar surface area (TPSA) is 52.0 Å². The Morgan fingerprint density at radius 3 is 1.90 bits per heavy atom. The fraction of sp³-hybridized carbons (Fsp3) is 0. The molecule has 0 aliphatic carbocycles. The highest BCUT2D eigenvalue weighted by Gasteiger charge is 2.11. The third-order valence-corrected chi connectivity index (χ3v) is 6.18. The molecule has 29 heavy (non-hydrogen) atoms. The van der Waals surface area contributed by atoms with Crippen LogP contribution in [0.4, 0.5) is 11.4 Å². The van der Waals surface area contributed by atoms with E-state index in [-0.39, 0.29) is 0 Å². The van der Waals surface area contributed by atoms with Gasteiger partial charge in [0.25, 0.3) is 0 Å². The monoisotopic (exact) mass is 438 g/mol. The molecule has 0 unspecified atom stereocenters. The fourth-order valence-electron chi connectivity index (χ4n) is 3.99. The molecule has 0 radical (unpaired) electrons. The number of rotatable bonds is 2. The van der Waals surface area contributed by atoms with Gasteiger partial charge in [-0.25, -0.2) is 0 Å². The van der Waals surface area contributed by atoms with E-state index >= 15 is 0 Å². The van der Waals surface area contributed by atoms with Crippen molar-refractivity contribution in [2.24, 2.45) is 0 Å². The average Bonchev–Trinajstić information content (AvgIpc) is 2.77. The summed E-state index contributed by atoms with van der Waals surface area (Å²) >= 11 is 3.66. The molecule has 5 aromatic rings. The predicted molar refractivity (Wildman–Crippen MR) is 129 cm³/mol. The molecule has 2 nitrogen and oxygen atoms in total. The first kappa shape index (κ1) is 17.8. The maximum atomic E-state index is 6.36. The second-order valence-corrected chi connectivity index (χ2v) is 8.05. The van der Waals surface area contributed by atoms with Gasteiger partial charge in [-0.15, -0.1) is 0 Å². The summed E-state index contributed by atoms with van der Waals surface area (Å²) in [4.78, 5) is 0. The number of hydrogen-bond acceptors (Lipinski definition) is 2. The maximum Gasteiger partial charge on any atom is 0.0634 e. The van der Waals surface area contributed by atoms with Crippen LogP contribution in [0.2, 0.25) is 0 Å². The van der Waals surface area contributed by atoms with Crippen LogP contribution in [0.3, 0.4) is 0 Å². The van der Waals surface area contributed by atoms with Gasteiger partial charge in [0.1, 0.15) is 0 Å². The van der Waals surface area contributed by atoms with E-state index in [0.717, 1.165) is 31.6 Å². The van der Waals surface area contributed by atoms with Gasteiger partial charge in [0.2, 0.25) is 0 Å². The van der Waals surface area contributed by atoms with Crippen molar-refractivity contribution in [2.75, 3.05) is 11.5 Å². The lowest BCUT2D eigenvalue weighted by atomic mass is 9.94. The molecule has 0 aliphatic rings. The number of nitrogens with two attached hydrogens (primary N) is 2. The molecule has 0 saturated heterocycles. The van der Waals surface area contributed by atoms with Crippen LogP contribution < -0.4 is 11.5 Å². The molecule has 0 saturated carbocycles. The molecule has 0 bridgehead atoms. The molecule has 0 fully saturated rings. The lowest BCUT2D eigenvalue weighted by molar-refractivity contribution is 1.57. The molecule has 140 valence electrons. The first-order chi connectivity index (χ1) is 14.1. The molecule has 4 N–H and O–H groups in total. The minimum absolute atomic E-state index is 0.646. The van der Waals surface area contributed by atoms with Crippen LogP contribution in [0.5, 0.6) is 0 Å². The van der Waals surface area contributed by atoms with E-state index in [9.17, 15) is 0 Å². The highest BCUT2D eigenvalue weighted by atomic mass is 79.9. The minimum atomic E-state index is 0.646. The van der Waals surface area contributed by atoms with Gasteiger partial charge in [0.05, 0.1) is 11.4 Å². The van der Waals surface area contributed by atoms with Gasteiger partial charge in [0, 0.05) is 15.2 Å². The number of nitrogen functional groups attached to an aromatic ring is 2. The molecule has 0 heterocycles. The van der Waals surface area contributed by atoms with Crippen LogP contribution in [0.15, 0.2) is 95.5 Å². The predicted octanol–water partition coefficient (Wildman–Crippen LogP) is 7.25. The molecule has 3 heteroatoms. The number of benzene rings is 5. The fourth-order valence-corrected chi connectivity index (χ4v) is 4.50. The largest absolute Gasteiger partial charge is 0.397 e. The molecule has 0 amide bonds. The van der Waals surface area contributed by atoms with Gasteiger partial charge in [-0.05, 0) is 51.2 Å². The third kappa shape index (κ3) is 2.95. The van der Waals surface area contributed by atoms with Gasteiger partial charge in [0.15, 0.2) is 0 Å². The van der Waals surface area contributed by atoms with Crippen LogP contribution in [-0.4, -0.2) is 0 Å². The number of anilines is 2. The summed E-state index contributed by atoms with van der Waals surface area (Å²) in [5, 5.41) is 4.23. The maximum absolute atomic E-state index is 6.36. The summed E-state index contributed by atoms with van der Waals surface area (Å²) < 4.78 is 1.09. The zero-order chi connectivity index (χ0) is 20.0. The van der Waals surface area contributed by atoms with Crippen LogP contribution in [0.25, 0.3) is 43.8 Å². The molecule has 0 spiro atoms. The van der Waals surface area contributed by atoms with Crippen molar-refractivity contribution in [1.29, 1.82) is 0 Å². The molecule has 5 rings (SSSR count). The first-order valence-corrected chi connectivity index (χ1v) is 10.3. The summed E-state index contributed by atoms with van der Waals surface area (Å²) in [6, 6.07) is 31.5. The van der Waals surface area contributed by atoms with Crippen LogP contribution in [-0.2, 0) is 0 Å². The Labute approximate surface area is 177 Å². The Morgan fingerprint density at radius 2 is 1.10 bits per heavy atom. The Bertz CT molecular complexity index is 1390. The summed E-state index contributed by atoms with van der Waals surface area (Å²) in [7, 11) is 0. The third-order valence-electron chi connectivity index (χ3n) is 5.49. The first-order valence-electron chi connectivity index (χ1n) is 9.48. The summed E-state index contributed by atoms with van der Waals surface area (Å²) in [5.41, 5.74) is 18.6. The van der Waals surface area contributed by atoms with E-state index in [2.05, 4.69) is 82.7 Å². The second-order valence-electron chi connectivity index (χ2n) is 7.19. The Hall–Kier alpha value is -3.30. The lowest BCUT2D eigenvalue weighted by Gasteiger charge is -2.13. The van der Waals surface area contributed by atoms with E-state index < -0.39 is 0 Å². The average molecular weight is 439 g/mol.